The van der Waals surface area contributed by atoms with Crippen molar-refractivity contribution < 1.29 is 92.2 Å². The van der Waals surface area contributed by atoms with Gasteiger partial charge >= 0.3 is 12.4 Å². The van der Waals surface area contributed by atoms with E-state index in [1.807, 2.05) is 0 Å². The van der Waals surface area contributed by atoms with Crippen LogP contribution in [0.25, 0.3) is 33.4 Å². The Morgan fingerprint density at radius 3 is 0.771 bits per heavy atom. The van der Waals surface area contributed by atoms with Crippen LogP contribution in [0.5, 0.6) is 0 Å². The van der Waals surface area contributed by atoms with E-state index in [4.69, 9.17) is 0 Å². The van der Waals surface area contributed by atoms with Gasteiger partial charge in [-0.3, -0.25) is 0 Å². The smallest absolute Gasteiger partial charge is 0.205 e. The van der Waals surface area contributed by atoms with Crippen molar-refractivity contribution in [1.29, 1.82) is 0 Å². The number of rotatable bonds is 3. The lowest BCUT2D eigenvalue weighted by molar-refractivity contribution is -0.140. The number of hydrogen-bond acceptors (Lipinski definition) is 0. The van der Waals surface area contributed by atoms with E-state index < -0.39 is 150 Å². The van der Waals surface area contributed by atoms with E-state index in [1.54, 1.807) is 0 Å². The monoisotopic (exact) mass is 726 g/mol. The minimum absolute atomic E-state index is 0.0652. The van der Waals surface area contributed by atoms with Gasteiger partial charge in [-0.25, -0.2) is 65.9 Å². The fourth-order valence-corrected chi connectivity index (χ4v) is 4.63. The maximum absolute atomic E-state index is 16.0. The minimum Gasteiger partial charge on any atom is -0.205 e. The Morgan fingerprint density at radius 2 is 0.479 bits per heavy atom. The molecular weight excluding hydrogens is 723 g/mol. The summed E-state index contributed by atoms with van der Waals surface area (Å²) in [7, 11) is 0. The molecule has 0 unspecified atom stereocenters. The highest BCUT2D eigenvalue weighted by Gasteiger charge is 2.48. The Labute approximate surface area is 249 Å². The topological polar surface area (TPSA) is 0 Å². The Balaban J connectivity index is 2.52. The molecule has 0 aliphatic rings. The molecule has 4 rings (SSSR count). The second kappa shape index (κ2) is 11.5. The molecule has 258 valence electrons. The molecule has 0 aliphatic carbocycles. The zero-order valence-corrected chi connectivity index (χ0v) is 21.9. The van der Waals surface area contributed by atoms with Crippen molar-refractivity contribution in [3.63, 3.8) is 0 Å². The third kappa shape index (κ3) is 5.08. The lowest BCUT2D eigenvalue weighted by Gasteiger charge is -2.23. The number of alkyl halides is 6. The van der Waals surface area contributed by atoms with Crippen molar-refractivity contribution in [2.75, 3.05) is 0 Å². The largest absolute Gasteiger partial charge is 0.420 e. The fourth-order valence-electron chi connectivity index (χ4n) is 4.63. The SMILES string of the molecule is Cc1c(F)c(F)c(F)c(F)c1-c1c(F)c(-c2c(F)c(F)c(F)c(F)c2C(F)(F)F)c(F)c(-c2c(F)c(F)c(F)c(F)c2C(F)(F)F)c1F. The molecule has 4 aromatic carbocycles. The summed E-state index contributed by atoms with van der Waals surface area (Å²) in [5.74, 6) is -49.6. The molecule has 0 radical (unpaired) electrons. The summed E-state index contributed by atoms with van der Waals surface area (Å²) in [6.45, 7) is 0.0652. The standard InChI is InChI=1S/C27H3F21/c1-2-3(15(32)21(38)20(37)11(2)28)6-12(29)7(4-9(26(43,44)45)18(35)24(41)22(39)16(4)33)14(31)8(13(6)30)5-10(27(46,47)48)19(36)25(42)23(40)17(5)34/h1H3. The number of benzene rings is 4. The first-order valence-electron chi connectivity index (χ1n) is 11.7. The second-order valence-corrected chi connectivity index (χ2v) is 9.33. The summed E-state index contributed by atoms with van der Waals surface area (Å²) in [4.78, 5) is 0. The van der Waals surface area contributed by atoms with E-state index in [9.17, 15) is 79.0 Å². The van der Waals surface area contributed by atoms with E-state index in [1.165, 1.54) is 0 Å². The van der Waals surface area contributed by atoms with Crippen molar-refractivity contribution in [2.24, 2.45) is 0 Å². The third-order valence-corrected chi connectivity index (χ3v) is 6.67. The molecule has 0 bridgehead atoms. The lowest BCUT2D eigenvalue weighted by Crippen LogP contribution is -2.19. The molecule has 0 atom stereocenters. The van der Waals surface area contributed by atoms with Crippen LogP contribution in [0, 0.1) is 94.2 Å². The highest BCUT2D eigenvalue weighted by atomic mass is 19.4. The van der Waals surface area contributed by atoms with Crippen LogP contribution in [-0.4, -0.2) is 0 Å². The molecule has 0 nitrogen and oxygen atoms in total. The van der Waals surface area contributed by atoms with E-state index in [0.717, 1.165) is 0 Å². The molecule has 0 spiro atoms. The Kier molecular flexibility index (Phi) is 8.71. The Morgan fingerprint density at radius 1 is 0.250 bits per heavy atom. The van der Waals surface area contributed by atoms with Gasteiger partial charge in [0.15, 0.2) is 69.8 Å². The maximum atomic E-state index is 16.0. The van der Waals surface area contributed by atoms with Crippen molar-refractivity contribution in [3.8, 4) is 33.4 Å². The maximum Gasteiger partial charge on any atom is 0.420 e. The van der Waals surface area contributed by atoms with Gasteiger partial charge in [0.25, 0.3) is 0 Å². The van der Waals surface area contributed by atoms with E-state index >= 15 is 13.2 Å². The van der Waals surface area contributed by atoms with Crippen LogP contribution in [0.3, 0.4) is 0 Å². The predicted octanol–water partition coefficient (Wildman–Crippen LogP) is 11.1. The first-order chi connectivity index (χ1) is 21.8. The zero-order chi connectivity index (χ0) is 36.9. The summed E-state index contributed by atoms with van der Waals surface area (Å²) in [6.07, 6.45) is -13.3. The highest BCUT2D eigenvalue weighted by Crippen LogP contribution is 2.52. The van der Waals surface area contributed by atoms with Crippen LogP contribution in [0.2, 0.25) is 0 Å². The van der Waals surface area contributed by atoms with Crippen molar-refractivity contribution in [3.05, 3.63) is 104 Å². The van der Waals surface area contributed by atoms with Crippen LogP contribution in [0.1, 0.15) is 16.7 Å². The molecule has 0 saturated carbocycles. The normalized spacial score (nSPS) is 12.4. The van der Waals surface area contributed by atoms with Gasteiger partial charge in [0.05, 0.1) is 16.7 Å². The van der Waals surface area contributed by atoms with Gasteiger partial charge in [-0.05, 0) is 12.5 Å². The summed E-state index contributed by atoms with van der Waals surface area (Å²) < 4.78 is 303. The minimum atomic E-state index is -6.63. The van der Waals surface area contributed by atoms with Gasteiger partial charge in [-0.2, -0.15) is 26.3 Å². The molecule has 48 heavy (non-hydrogen) atoms. The van der Waals surface area contributed by atoms with Crippen molar-refractivity contribution in [2.45, 2.75) is 19.3 Å². The van der Waals surface area contributed by atoms with Gasteiger partial charge in [-0.1, -0.05) is 0 Å². The molecule has 0 fully saturated rings. The van der Waals surface area contributed by atoms with E-state index in [0.29, 0.717) is 0 Å². The molecular formula is C27H3F21. The highest BCUT2D eigenvalue weighted by molar-refractivity contribution is 5.87. The van der Waals surface area contributed by atoms with Crippen LogP contribution in [0.4, 0.5) is 92.2 Å². The summed E-state index contributed by atoms with van der Waals surface area (Å²) in [5.41, 5.74) is -27.6. The Hall–Kier alpha value is -4.59. The summed E-state index contributed by atoms with van der Waals surface area (Å²) in [6, 6.07) is 0. The third-order valence-electron chi connectivity index (χ3n) is 6.67. The van der Waals surface area contributed by atoms with Gasteiger partial charge in [-0.15, -0.1) is 0 Å². The van der Waals surface area contributed by atoms with Crippen molar-refractivity contribution in [1.82, 2.24) is 0 Å². The summed E-state index contributed by atoms with van der Waals surface area (Å²) >= 11 is 0. The van der Waals surface area contributed by atoms with Crippen LogP contribution in [-0.2, 0) is 12.4 Å². The lowest BCUT2D eigenvalue weighted by atomic mass is 9.85. The van der Waals surface area contributed by atoms with Crippen LogP contribution >= 0.6 is 0 Å². The first-order valence-corrected chi connectivity index (χ1v) is 11.7. The average Bonchev–Trinajstić information content (AvgIpc) is 2.98. The average molecular weight is 726 g/mol. The molecule has 0 aliphatic heterocycles. The number of hydrogen-bond donors (Lipinski definition) is 0. The quantitative estimate of drug-likeness (QED) is 0.112. The first kappa shape index (κ1) is 36.2. The van der Waals surface area contributed by atoms with Crippen molar-refractivity contribution >= 4 is 0 Å². The molecule has 0 saturated heterocycles. The molecule has 4 aromatic rings. The zero-order valence-electron chi connectivity index (χ0n) is 21.9. The molecule has 0 N–H and O–H groups in total. The van der Waals surface area contributed by atoms with Gasteiger partial charge in [0.1, 0.15) is 28.6 Å². The number of halogens is 21. The van der Waals surface area contributed by atoms with Crippen LogP contribution < -0.4 is 0 Å². The molecule has 0 heterocycles. The van der Waals surface area contributed by atoms with Gasteiger partial charge in [0, 0.05) is 16.7 Å². The molecule has 0 aromatic heterocycles. The van der Waals surface area contributed by atoms with Crippen LogP contribution in [0.15, 0.2) is 0 Å². The summed E-state index contributed by atoms with van der Waals surface area (Å²) in [5, 5.41) is 0. The second-order valence-electron chi connectivity index (χ2n) is 9.33. The molecule has 21 heteroatoms. The van der Waals surface area contributed by atoms with E-state index in [2.05, 4.69) is 0 Å². The van der Waals surface area contributed by atoms with Gasteiger partial charge < -0.3 is 0 Å². The van der Waals surface area contributed by atoms with Gasteiger partial charge in [0.2, 0.25) is 0 Å². The Bertz CT molecular complexity index is 1910. The fraction of sp³-hybridized carbons (Fsp3) is 0.111. The molecule has 0 amide bonds. The predicted molar refractivity (Wildman–Crippen MR) is 117 cm³/mol. The van der Waals surface area contributed by atoms with E-state index in [-0.39, 0.29) is 6.92 Å².